The SMILES string of the molecule is CCCNS(=O)(=O)c1ccc(NC(=O)N2C3CCC2CN(C)CC3)cc1. The third-order valence-electron chi connectivity index (χ3n) is 5.18. The van der Waals surface area contributed by atoms with Crippen LogP contribution in [0, 0.1) is 0 Å². The summed E-state index contributed by atoms with van der Waals surface area (Å²) in [4.78, 5) is 17.3. The van der Waals surface area contributed by atoms with Crippen molar-refractivity contribution in [3.63, 3.8) is 0 Å². The predicted molar refractivity (Wildman–Crippen MR) is 102 cm³/mol. The van der Waals surface area contributed by atoms with E-state index in [0.29, 0.717) is 18.3 Å². The first-order valence-electron chi connectivity index (χ1n) is 9.28. The van der Waals surface area contributed by atoms with Crippen LogP contribution in [0.1, 0.15) is 32.6 Å². The third kappa shape index (κ3) is 4.19. The number of rotatable bonds is 5. The van der Waals surface area contributed by atoms with Gasteiger partial charge < -0.3 is 15.1 Å². The first-order chi connectivity index (χ1) is 12.4. The standard InChI is InChI=1S/C18H28N4O3S/c1-3-11-19-26(24,25)17-8-4-14(5-9-17)20-18(23)22-15-6-7-16(22)13-21(2)12-10-15/h4-5,8-9,15-16,19H,3,6-7,10-13H2,1-2H3,(H,20,23). The van der Waals surface area contributed by atoms with E-state index < -0.39 is 10.0 Å². The quantitative estimate of drug-likeness (QED) is 0.819. The monoisotopic (exact) mass is 380 g/mol. The molecule has 0 saturated carbocycles. The van der Waals surface area contributed by atoms with Gasteiger partial charge in [-0.15, -0.1) is 0 Å². The lowest BCUT2D eigenvalue weighted by atomic mass is 10.1. The number of benzene rings is 1. The fraction of sp³-hybridized carbons (Fsp3) is 0.611. The molecule has 2 saturated heterocycles. The van der Waals surface area contributed by atoms with Crippen LogP contribution in [-0.4, -0.2) is 63.0 Å². The van der Waals surface area contributed by atoms with Crippen LogP contribution in [0.25, 0.3) is 0 Å². The van der Waals surface area contributed by atoms with Gasteiger partial charge in [0, 0.05) is 30.9 Å². The molecule has 1 aromatic rings. The molecule has 2 heterocycles. The normalized spacial score (nSPS) is 23.7. The van der Waals surface area contributed by atoms with E-state index in [1.165, 1.54) is 12.1 Å². The molecule has 2 unspecified atom stereocenters. The highest BCUT2D eigenvalue weighted by molar-refractivity contribution is 7.89. The summed E-state index contributed by atoms with van der Waals surface area (Å²) in [5.74, 6) is 0. The molecule has 0 radical (unpaired) electrons. The molecule has 2 N–H and O–H groups in total. The van der Waals surface area contributed by atoms with Crippen molar-refractivity contribution in [2.45, 2.75) is 49.6 Å². The van der Waals surface area contributed by atoms with Crippen LogP contribution >= 0.6 is 0 Å². The van der Waals surface area contributed by atoms with Crippen LogP contribution in [0.3, 0.4) is 0 Å². The average molecular weight is 381 g/mol. The Hall–Kier alpha value is -1.64. The number of likely N-dealkylation sites (tertiary alicyclic amines) is 1. The highest BCUT2D eigenvalue weighted by Gasteiger charge is 2.39. The van der Waals surface area contributed by atoms with Crippen molar-refractivity contribution in [3.8, 4) is 0 Å². The van der Waals surface area contributed by atoms with E-state index in [0.717, 1.165) is 38.8 Å². The van der Waals surface area contributed by atoms with Crippen molar-refractivity contribution in [1.29, 1.82) is 0 Å². The summed E-state index contributed by atoms with van der Waals surface area (Å²) in [6.45, 7) is 4.24. The van der Waals surface area contributed by atoms with Gasteiger partial charge in [0.05, 0.1) is 4.90 Å². The Morgan fingerprint density at radius 1 is 1.15 bits per heavy atom. The Labute approximate surface area is 155 Å². The van der Waals surface area contributed by atoms with Gasteiger partial charge in [0.25, 0.3) is 0 Å². The summed E-state index contributed by atoms with van der Waals surface area (Å²) in [6, 6.07) is 6.80. The van der Waals surface area contributed by atoms with Crippen molar-refractivity contribution in [2.75, 3.05) is 32.0 Å². The number of fused-ring (bicyclic) bond motifs is 2. The summed E-state index contributed by atoms with van der Waals surface area (Å²) in [5, 5.41) is 2.93. The second-order valence-electron chi connectivity index (χ2n) is 7.20. The first kappa shape index (κ1) is 19.1. The van der Waals surface area contributed by atoms with Crippen LogP contribution in [0.15, 0.2) is 29.2 Å². The van der Waals surface area contributed by atoms with E-state index in [1.54, 1.807) is 12.1 Å². The first-order valence-corrected chi connectivity index (χ1v) is 10.8. The Morgan fingerprint density at radius 2 is 1.85 bits per heavy atom. The van der Waals surface area contributed by atoms with Crippen LogP contribution in [-0.2, 0) is 10.0 Å². The highest BCUT2D eigenvalue weighted by atomic mass is 32.2. The number of urea groups is 1. The maximum atomic E-state index is 12.8. The lowest BCUT2D eigenvalue weighted by Crippen LogP contribution is -2.45. The number of nitrogens with one attached hydrogen (secondary N) is 2. The summed E-state index contributed by atoms with van der Waals surface area (Å²) < 4.78 is 26.8. The summed E-state index contributed by atoms with van der Waals surface area (Å²) >= 11 is 0. The Morgan fingerprint density at radius 3 is 2.54 bits per heavy atom. The molecule has 3 rings (SSSR count). The lowest BCUT2D eigenvalue weighted by Gasteiger charge is -2.28. The maximum Gasteiger partial charge on any atom is 0.322 e. The maximum absolute atomic E-state index is 12.8. The van der Waals surface area contributed by atoms with E-state index in [2.05, 4.69) is 22.0 Å². The average Bonchev–Trinajstić information content (AvgIpc) is 2.92. The number of amides is 2. The molecule has 1 aromatic carbocycles. The topological polar surface area (TPSA) is 81.8 Å². The summed E-state index contributed by atoms with van der Waals surface area (Å²) in [5.41, 5.74) is 0.612. The van der Waals surface area contributed by atoms with Gasteiger partial charge >= 0.3 is 6.03 Å². The fourth-order valence-corrected chi connectivity index (χ4v) is 4.93. The van der Waals surface area contributed by atoms with E-state index in [9.17, 15) is 13.2 Å². The zero-order valence-electron chi connectivity index (χ0n) is 15.4. The molecule has 144 valence electrons. The largest absolute Gasteiger partial charge is 0.322 e. The molecule has 2 fully saturated rings. The predicted octanol–water partition coefficient (Wildman–Crippen LogP) is 2.08. The van der Waals surface area contributed by atoms with Crippen LogP contribution in [0.4, 0.5) is 10.5 Å². The van der Waals surface area contributed by atoms with E-state index in [-0.39, 0.29) is 17.0 Å². The van der Waals surface area contributed by atoms with Crippen LogP contribution < -0.4 is 10.0 Å². The van der Waals surface area contributed by atoms with Gasteiger partial charge in [0.15, 0.2) is 0 Å². The number of hydrogen-bond acceptors (Lipinski definition) is 4. The molecule has 2 atom stereocenters. The molecule has 2 amide bonds. The fourth-order valence-electron chi connectivity index (χ4n) is 3.80. The number of hydrogen-bond donors (Lipinski definition) is 2. The Kier molecular flexibility index (Phi) is 5.84. The molecule has 2 aliphatic heterocycles. The third-order valence-corrected chi connectivity index (χ3v) is 6.66. The Bertz CT molecular complexity index is 735. The minimum Gasteiger partial charge on any atom is -0.317 e. The summed E-state index contributed by atoms with van der Waals surface area (Å²) in [6.07, 6.45) is 3.84. The van der Waals surface area contributed by atoms with Gasteiger partial charge in [-0.2, -0.15) is 0 Å². The number of sulfonamides is 1. The minimum absolute atomic E-state index is 0.0903. The molecule has 0 aliphatic carbocycles. The smallest absolute Gasteiger partial charge is 0.317 e. The van der Waals surface area contributed by atoms with Gasteiger partial charge in [-0.1, -0.05) is 6.92 Å². The lowest BCUT2D eigenvalue weighted by molar-refractivity contribution is 0.186. The van der Waals surface area contributed by atoms with E-state index in [4.69, 9.17) is 0 Å². The highest BCUT2D eigenvalue weighted by Crippen LogP contribution is 2.30. The molecule has 8 heteroatoms. The zero-order valence-corrected chi connectivity index (χ0v) is 16.3. The minimum atomic E-state index is -3.49. The summed E-state index contributed by atoms with van der Waals surface area (Å²) in [7, 11) is -1.39. The second-order valence-corrected chi connectivity index (χ2v) is 8.96. The van der Waals surface area contributed by atoms with Gasteiger partial charge in [0.2, 0.25) is 10.0 Å². The molecular weight excluding hydrogens is 352 g/mol. The molecule has 2 bridgehead atoms. The van der Waals surface area contributed by atoms with Crippen molar-refractivity contribution in [1.82, 2.24) is 14.5 Å². The zero-order chi connectivity index (χ0) is 18.7. The number of nitrogens with zero attached hydrogens (tertiary/aromatic N) is 2. The van der Waals surface area contributed by atoms with Gasteiger partial charge in [-0.05, 0) is 63.5 Å². The molecule has 0 spiro atoms. The van der Waals surface area contributed by atoms with Crippen molar-refractivity contribution >= 4 is 21.7 Å². The number of likely N-dealkylation sites (N-methyl/N-ethyl adjacent to an activating group) is 1. The number of carbonyl (C=O) groups is 1. The number of carbonyl (C=O) groups excluding carboxylic acids is 1. The van der Waals surface area contributed by atoms with Crippen LogP contribution in [0.2, 0.25) is 0 Å². The Balaban J connectivity index is 1.66. The van der Waals surface area contributed by atoms with Crippen molar-refractivity contribution in [3.05, 3.63) is 24.3 Å². The number of anilines is 1. The van der Waals surface area contributed by atoms with Crippen LogP contribution in [0.5, 0.6) is 0 Å². The molecule has 7 nitrogen and oxygen atoms in total. The van der Waals surface area contributed by atoms with Crippen molar-refractivity contribution < 1.29 is 13.2 Å². The van der Waals surface area contributed by atoms with E-state index >= 15 is 0 Å². The molecule has 2 aliphatic rings. The van der Waals surface area contributed by atoms with Gasteiger partial charge in [-0.25, -0.2) is 17.9 Å². The van der Waals surface area contributed by atoms with Crippen molar-refractivity contribution in [2.24, 2.45) is 0 Å². The second kappa shape index (κ2) is 7.94. The molecule has 26 heavy (non-hydrogen) atoms. The van der Waals surface area contributed by atoms with E-state index in [1.807, 2.05) is 11.8 Å². The van der Waals surface area contributed by atoms with Gasteiger partial charge in [-0.3, -0.25) is 0 Å². The van der Waals surface area contributed by atoms with Gasteiger partial charge in [0.1, 0.15) is 0 Å². The molecule has 0 aromatic heterocycles. The molecular formula is C18H28N4O3S.